The number of amides is 2. The first-order chi connectivity index (χ1) is 9.88. The lowest BCUT2D eigenvalue weighted by Crippen LogP contribution is -2.38. The van der Waals surface area contributed by atoms with Crippen LogP contribution in [0.3, 0.4) is 0 Å². The molecule has 3 unspecified atom stereocenters. The molecule has 2 saturated heterocycles. The van der Waals surface area contributed by atoms with Crippen LogP contribution in [0.5, 0.6) is 0 Å². The van der Waals surface area contributed by atoms with Crippen LogP contribution in [0.15, 0.2) is 0 Å². The summed E-state index contributed by atoms with van der Waals surface area (Å²) in [5, 5.41) is 11.6. The Morgan fingerprint density at radius 3 is 2.67 bits per heavy atom. The number of carbonyl (C=O) groups excluding carboxylic acids is 2. The fraction of sp³-hybridized carbons (Fsp3) is 0.786. The van der Waals surface area contributed by atoms with E-state index in [0.717, 1.165) is 0 Å². The Kier molecular flexibility index (Phi) is 4.82. The van der Waals surface area contributed by atoms with Crippen molar-refractivity contribution in [2.24, 2.45) is 5.92 Å². The van der Waals surface area contributed by atoms with Gasteiger partial charge in [-0.05, 0) is 26.7 Å². The van der Waals surface area contributed by atoms with E-state index in [0.29, 0.717) is 25.9 Å². The zero-order valence-electron chi connectivity index (χ0n) is 12.4. The Bertz CT molecular complexity index is 437. The summed E-state index contributed by atoms with van der Waals surface area (Å²) in [7, 11) is 0. The Balaban J connectivity index is 1.76. The van der Waals surface area contributed by atoms with Crippen LogP contribution in [0.2, 0.25) is 0 Å². The van der Waals surface area contributed by atoms with Crippen molar-refractivity contribution in [3.63, 3.8) is 0 Å². The summed E-state index contributed by atoms with van der Waals surface area (Å²) in [6, 6.07) is 0.102. The number of carboxylic acids is 1. The van der Waals surface area contributed by atoms with Crippen LogP contribution in [0, 0.1) is 5.92 Å². The molecule has 0 saturated carbocycles. The smallest absolute Gasteiger partial charge is 0.332 e. The lowest BCUT2D eigenvalue weighted by Gasteiger charge is -2.21. The molecule has 3 atom stereocenters. The molecule has 7 nitrogen and oxygen atoms in total. The number of hydrogen-bond donors (Lipinski definition) is 2. The molecule has 0 aliphatic carbocycles. The molecule has 0 aromatic carbocycles. The minimum atomic E-state index is -0.960. The van der Waals surface area contributed by atoms with E-state index in [1.807, 2.05) is 13.8 Å². The number of likely N-dealkylation sites (tertiary alicyclic amines) is 1. The Labute approximate surface area is 123 Å². The Morgan fingerprint density at radius 2 is 2.14 bits per heavy atom. The highest BCUT2D eigenvalue weighted by Gasteiger charge is 2.36. The molecular weight excluding hydrogens is 276 g/mol. The van der Waals surface area contributed by atoms with E-state index >= 15 is 0 Å². The van der Waals surface area contributed by atoms with Gasteiger partial charge in [-0.15, -0.1) is 0 Å². The van der Waals surface area contributed by atoms with Crippen molar-refractivity contribution in [3.05, 3.63) is 0 Å². The molecule has 2 fully saturated rings. The third kappa shape index (κ3) is 3.72. The van der Waals surface area contributed by atoms with Crippen LogP contribution in [-0.2, 0) is 19.1 Å². The summed E-state index contributed by atoms with van der Waals surface area (Å²) in [5.41, 5.74) is 0. The maximum atomic E-state index is 12.1. The van der Waals surface area contributed by atoms with Crippen LogP contribution in [0.1, 0.15) is 33.1 Å². The van der Waals surface area contributed by atoms with Gasteiger partial charge in [0.05, 0.1) is 12.0 Å². The van der Waals surface area contributed by atoms with Gasteiger partial charge in [0, 0.05) is 25.6 Å². The van der Waals surface area contributed by atoms with Gasteiger partial charge < -0.3 is 20.1 Å². The summed E-state index contributed by atoms with van der Waals surface area (Å²) >= 11 is 0. The van der Waals surface area contributed by atoms with Crippen LogP contribution in [-0.4, -0.2) is 59.1 Å². The van der Waals surface area contributed by atoms with Gasteiger partial charge in [-0.1, -0.05) is 0 Å². The first-order valence-corrected chi connectivity index (χ1v) is 7.34. The van der Waals surface area contributed by atoms with Gasteiger partial charge in [-0.2, -0.15) is 0 Å². The van der Waals surface area contributed by atoms with E-state index in [1.54, 1.807) is 4.90 Å². The number of rotatable bonds is 5. The van der Waals surface area contributed by atoms with Crippen molar-refractivity contribution in [3.8, 4) is 0 Å². The van der Waals surface area contributed by atoms with Crippen molar-refractivity contribution in [2.45, 2.75) is 51.4 Å². The zero-order valence-corrected chi connectivity index (χ0v) is 12.4. The van der Waals surface area contributed by atoms with Crippen molar-refractivity contribution >= 4 is 17.8 Å². The molecule has 118 valence electrons. The minimum absolute atomic E-state index is 0.00760. The van der Waals surface area contributed by atoms with Crippen LogP contribution in [0.25, 0.3) is 0 Å². The van der Waals surface area contributed by atoms with E-state index in [4.69, 9.17) is 9.84 Å². The highest BCUT2D eigenvalue weighted by molar-refractivity contribution is 5.89. The summed E-state index contributed by atoms with van der Waals surface area (Å²) < 4.78 is 5.32. The lowest BCUT2D eigenvalue weighted by molar-refractivity contribution is -0.149. The van der Waals surface area contributed by atoms with Gasteiger partial charge in [0.25, 0.3) is 0 Å². The SMILES string of the molecule is CC(C)N1CC(C(=O)NCC2CCC(C(=O)O)O2)CC1=O. The molecule has 21 heavy (non-hydrogen) atoms. The van der Waals surface area contributed by atoms with Crippen molar-refractivity contribution < 1.29 is 24.2 Å². The molecule has 2 aliphatic rings. The normalized spacial score (nSPS) is 29.2. The highest BCUT2D eigenvalue weighted by Crippen LogP contribution is 2.21. The number of carboxylic acid groups (broad SMARTS) is 1. The molecule has 2 heterocycles. The number of hydrogen-bond acceptors (Lipinski definition) is 4. The number of carbonyl (C=O) groups is 3. The third-order valence-corrected chi connectivity index (χ3v) is 4.04. The lowest BCUT2D eigenvalue weighted by atomic mass is 10.1. The largest absolute Gasteiger partial charge is 0.479 e. The third-order valence-electron chi connectivity index (χ3n) is 4.04. The highest BCUT2D eigenvalue weighted by atomic mass is 16.5. The maximum absolute atomic E-state index is 12.1. The van der Waals surface area contributed by atoms with E-state index in [-0.39, 0.29) is 36.3 Å². The fourth-order valence-electron chi connectivity index (χ4n) is 2.80. The number of ether oxygens (including phenoxy) is 1. The standard InChI is InChI=1S/C14H22N2O5/c1-8(2)16-7-9(5-12(16)17)13(18)15-6-10-3-4-11(21-10)14(19)20/h8-11H,3-7H2,1-2H3,(H,15,18)(H,19,20). The minimum Gasteiger partial charge on any atom is -0.479 e. The zero-order chi connectivity index (χ0) is 15.6. The predicted octanol–water partition coefficient (Wildman–Crippen LogP) is -0.00830. The summed E-state index contributed by atoms with van der Waals surface area (Å²) in [5.74, 6) is -1.43. The van der Waals surface area contributed by atoms with Crippen molar-refractivity contribution in [1.82, 2.24) is 10.2 Å². The first kappa shape index (κ1) is 15.8. The molecule has 0 spiro atoms. The van der Waals surface area contributed by atoms with E-state index in [1.165, 1.54) is 0 Å². The van der Waals surface area contributed by atoms with E-state index < -0.39 is 12.1 Å². The van der Waals surface area contributed by atoms with Crippen LogP contribution >= 0.6 is 0 Å². The predicted molar refractivity (Wildman–Crippen MR) is 73.5 cm³/mol. The number of nitrogens with one attached hydrogen (secondary N) is 1. The summed E-state index contributed by atoms with van der Waals surface area (Å²) in [6.07, 6.45) is 0.315. The Hall–Kier alpha value is -1.63. The fourth-order valence-corrected chi connectivity index (χ4v) is 2.80. The molecule has 0 aromatic rings. The second-order valence-electron chi connectivity index (χ2n) is 5.95. The monoisotopic (exact) mass is 298 g/mol. The van der Waals surface area contributed by atoms with Crippen LogP contribution < -0.4 is 5.32 Å². The molecule has 2 N–H and O–H groups in total. The van der Waals surface area contributed by atoms with Gasteiger partial charge >= 0.3 is 5.97 Å². The van der Waals surface area contributed by atoms with Gasteiger partial charge in [0.1, 0.15) is 0 Å². The van der Waals surface area contributed by atoms with E-state index in [9.17, 15) is 14.4 Å². The molecule has 2 amide bonds. The molecule has 2 rings (SSSR count). The molecule has 0 bridgehead atoms. The van der Waals surface area contributed by atoms with Gasteiger partial charge in [-0.25, -0.2) is 4.79 Å². The average Bonchev–Trinajstić information content (AvgIpc) is 3.02. The summed E-state index contributed by atoms with van der Waals surface area (Å²) in [4.78, 5) is 36.3. The van der Waals surface area contributed by atoms with E-state index in [2.05, 4.69) is 5.32 Å². The molecule has 7 heteroatoms. The topological polar surface area (TPSA) is 95.9 Å². The molecular formula is C14H22N2O5. The number of aliphatic carboxylic acids is 1. The molecule has 0 aromatic heterocycles. The molecule has 0 radical (unpaired) electrons. The number of nitrogens with zero attached hydrogens (tertiary/aromatic N) is 1. The summed E-state index contributed by atoms with van der Waals surface area (Å²) in [6.45, 7) is 4.60. The van der Waals surface area contributed by atoms with Crippen molar-refractivity contribution in [2.75, 3.05) is 13.1 Å². The average molecular weight is 298 g/mol. The second kappa shape index (κ2) is 6.43. The van der Waals surface area contributed by atoms with Crippen LogP contribution in [0.4, 0.5) is 0 Å². The van der Waals surface area contributed by atoms with Gasteiger partial charge in [0.2, 0.25) is 11.8 Å². The second-order valence-corrected chi connectivity index (χ2v) is 5.95. The Morgan fingerprint density at radius 1 is 1.43 bits per heavy atom. The molecule has 2 aliphatic heterocycles. The van der Waals surface area contributed by atoms with Crippen molar-refractivity contribution in [1.29, 1.82) is 0 Å². The quantitative estimate of drug-likeness (QED) is 0.744. The van der Waals surface area contributed by atoms with Gasteiger partial charge in [-0.3, -0.25) is 9.59 Å². The maximum Gasteiger partial charge on any atom is 0.332 e. The van der Waals surface area contributed by atoms with Gasteiger partial charge in [0.15, 0.2) is 6.10 Å². The first-order valence-electron chi connectivity index (χ1n) is 7.34.